The quantitative estimate of drug-likeness (QED) is 0.849. The maximum absolute atomic E-state index is 12.3. The maximum Gasteiger partial charge on any atom is 0.407 e. The van der Waals surface area contributed by atoms with Crippen LogP contribution in [0.2, 0.25) is 0 Å². The minimum atomic E-state index is -0.497. The second-order valence-corrected chi connectivity index (χ2v) is 6.32. The van der Waals surface area contributed by atoms with Crippen LogP contribution in [0.15, 0.2) is 18.2 Å². The molecule has 1 aromatic carbocycles. The average Bonchev–Trinajstić information content (AvgIpc) is 2.94. The first-order valence-corrected chi connectivity index (χ1v) is 8.31. The Bertz CT molecular complexity index is 649. The van der Waals surface area contributed by atoms with Gasteiger partial charge in [0.05, 0.1) is 6.04 Å². The molecule has 2 aliphatic rings. The number of benzene rings is 1. The Balaban J connectivity index is 1.56. The van der Waals surface area contributed by atoms with E-state index in [2.05, 4.69) is 5.32 Å². The predicted molar refractivity (Wildman–Crippen MR) is 91.2 cm³/mol. The van der Waals surface area contributed by atoms with Crippen molar-refractivity contribution in [3.05, 3.63) is 18.2 Å². The summed E-state index contributed by atoms with van der Waals surface area (Å²) in [7, 11) is 3.81. The van der Waals surface area contributed by atoms with E-state index < -0.39 is 6.09 Å². The van der Waals surface area contributed by atoms with Gasteiger partial charge >= 0.3 is 6.09 Å². The van der Waals surface area contributed by atoms with Gasteiger partial charge in [0, 0.05) is 31.3 Å². The Morgan fingerprint density at radius 3 is 2.84 bits per heavy atom. The number of fused-ring (bicyclic) bond motifs is 1. The number of alkyl carbamates (subject to hydrolysis) is 1. The van der Waals surface area contributed by atoms with E-state index in [1.54, 1.807) is 17.0 Å². The molecule has 0 bridgehead atoms. The molecule has 1 N–H and O–H groups in total. The van der Waals surface area contributed by atoms with E-state index in [9.17, 15) is 9.59 Å². The first-order valence-electron chi connectivity index (χ1n) is 8.31. The van der Waals surface area contributed by atoms with E-state index >= 15 is 0 Å². The number of carbonyl (C=O) groups excluding carboxylic acids is 2. The van der Waals surface area contributed by atoms with Gasteiger partial charge in [-0.05, 0) is 26.2 Å². The van der Waals surface area contributed by atoms with Crippen molar-refractivity contribution < 1.29 is 23.8 Å². The predicted octanol–water partition coefficient (Wildman–Crippen LogP) is 0.851. The maximum atomic E-state index is 12.3. The van der Waals surface area contributed by atoms with Crippen LogP contribution < -0.4 is 19.7 Å². The minimum Gasteiger partial charge on any atom is -0.486 e. The standard InChI is InChI=1S/C17H23N3O5/c1-19(2)5-6-25-17(22)18-12-9-16(21)20(11-12)13-3-4-14-15(10-13)24-8-7-23-14/h3-4,10,12H,5-9,11H2,1-2H3,(H,18,22). The summed E-state index contributed by atoms with van der Waals surface area (Å²) >= 11 is 0. The van der Waals surface area contributed by atoms with E-state index in [0.717, 1.165) is 5.69 Å². The number of hydrogen-bond acceptors (Lipinski definition) is 6. The van der Waals surface area contributed by atoms with Crippen LogP contribution in [0, 0.1) is 0 Å². The molecule has 0 radical (unpaired) electrons. The molecule has 25 heavy (non-hydrogen) atoms. The highest BCUT2D eigenvalue weighted by Crippen LogP contribution is 2.35. The third kappa shape index (κ3) is 4.33. The molecule has 2 amide bonds. The second kappa shape index (κ2) is 7.60. The zero-order chi connectivity index (χ0) is 17.8. The van der Waals surface area contributed by atoms with Gasteiger partial charge in [0.1, 0.15) is 19.8 Å². The summed E-state index contributed by atoms with van der Waals surface area (Å²) in [6.07, 6.45) is -0.249. The molecular weight excluding hydrogens is 326 g/mol. The van der Waals surface area contributed by atoms with Gasteiger partial charge in [0.2, 0.25) is 5.91 Å². The van der Waals surface area contributed by atoms with Crippen molar-refractivity contribution in [1.29, 1.82) is 0 Å². The number of anilines is 1. The molecular formula is C17H23N3O5. The zero-order valence-corrected chi connectivity index (χ0v) is 14.5. The summed E-state index contributed by atoms with van der Waals surface area (Å²) in [5.74, 6) is 1.27. The van der Waals surface area contributed by atoms with Crippen LogP contribution in [0.25, 0.3) is 0 Å². The van der Waals surface area contributed by atoms with Crippen molar-refractivity contribution in [2.75, 3.05) is 51.9 Å². The van der Waals surface area contributed by atoms with E-state index in [0.29, 0.717) is 44.4 Å². The Labute approximate surface area is 146 Å². The van der Waals surface area contributed by atoms with Gasteiger partial charge in [0.25, 0.3) is 0 Å². The normalized spacial score (nSPS) is 19.2. The number of amides is 2. The van der Waals surface area contributed by atoms with Gasteiger partial charge in [-0.25, -0.2) is 4.79 Å². The van der Waals surface area contributed by atoms with Gasteiger partial charge in [0.15, 0.2) is 11.5 Å². The topological polar surface area (TPSA) is 80.3 Å². The SMILES string of the molecule is CN(C)CCOC(=O)NC1CC(=O)N(c2ccc3c(c2)OCCO3)C1. The Morgan fingerprint density at radius 2 is 2.08 bits per heavy atom. The average molecular weight is 349 g/mol. The monoisotopic (exact) mass is 349 g/mol. The summed E-state index contributed by atoms with van der Waals surface area (Å²) in [6, 6.07) is 5.15. The fourth-order valence-corrected chi connectivity index (χ4v) is 2.78. The molecule has 1 atom stereocenters. The molecule has 8 heteroatoms. The molecule has 8 nitrogen and oxygen atoms in total. The highest BCUT2D eigenvalue weighted by Gasteiger charge is 2.32. The molecule has 2 aliphatic heterocycles. The van der Waals surface area contributed by atoms with Gasteiger partial charge < -0.3 is 29.3 Å². The summed E-state index contributed by atoms with van der Waals surface area (Å²) in [6.45, 7) is 2.39. The summed E-state index contributed by atoms with van der Waals surface area (Å²) in [5.41, 5.74) is 0.736. The fraction of sp³-hybridized carbons (Fsp3) is 0.529. The zero-order valence-electron chi connectivity index (χ0n) is 14.5. The number of rotatable bonds is 5. The van der Waals surface area contributed by atoms with Crippen molar-refractivity contribution >= 4 is 17.7 Å². The molecule has 1 unspecified atom stereocenters. The molecule has 0 aromatic heterocycles. The molecule has 0 aliphatic carbocycles. The molecule has 1 aromatic rings. The van der Waals surface area contributed by atoms with Crippen molar-refractivity contribution in [1.82, 2.24) is 10.2 Å². The molecule has 1 fully saturated rings. The van der Waals surface area contributed by atoms with E-state index in [1.165, 1.54) is 0 Å². The van der Waals surface area contributed by atoms with Gasteiger partial charge in [-0.1, -0.05) is 0 Å². The highest BCUT2D eigenvalue weighted by atomic mass is 16.6. The number of nitrogens with zero attached hydrogens (tertiary/aromatic N) is 2. The molecule has 2 heterocycles. The van der Waals surface area contributed by atoms with Gasteiger partial charge in [-0.15, -0.1) is 0 Å². The summed E-state index contributed by atoms with van der Waals surface area (Å²) in [4.78, 5) is 27.7. The lowest BCUT2D eigenvalue weighted by Crippen LogP contribution is -2.38. The van der Waals surface area contributed by atoms with E-state index in [1.807, 2.05) is 25.1 Å². The van der Waals surface area contributed by atoms with Crippen LogP contribution >= 0.6 is 0 Å². The number of nitrogens with one attached hydrogen (secondary N) is 1. The minimum absolute atomic E-state index is 0.0460. The van der Waals surface area contributed by atoms with Crippen LogP contribution in [0.4, 0.5) is 10.5 Å². The Kier molecular flexibility index (Phi) is 5.28. The fourth-order valence-electron chi connectivity index (χ4n) is 2.78. The van der Waals surface area contributed by atoms with Crippen molar-refractivity contribution in [2.24, 2.45) is 0 Å². The first-order chi connectivity index (χ1) is 12.0. The largest absolute Gasteiger partial charge is 0.486 e. The Morgan fingerprint density at radius 1 is 1.32 bits per heavy atom. The van der Waals surface area contributed by atoms with E-state index in [-0.39, 0.29) is 18.4 Å². The summed E-state index contributed by atoms with van der Waals surface area (Å²) in [5, 5.41) is 2.75. The Hall–Kier alpha value is -2.48. The molecule has 1 saturated heterocycles. The molecule has 136 valence electrons. The highest BCUT2D eigenvalue weighted by molar-refractivity contribution is 5.97. The summed E-state index contributed by atoms with van der Waals surface area (Å²) < 4.78 is 16.2. The number of ether oxygens (including phenoxy) is 3. The lowest BCUT2D eigenvalue weighted by molar-refractivity contribution is -0.117. The number of hydrogen-bond donors (Lipinski definition) is 1. The van der Waals surface area contributed by atoms with Crippen LogP contribution in [0.1, 0.15) is 6.42 Å². The van der Waals surface area contributed by atoms with Gasteiger partial charge in [-0.3, -0.25) is 4.79 Å². The van der Waals surface area contributed by atoms with E-state index in [4.69, 9.17) is 14.2 Å². The lowest BCUT2D eigenvalue weighted by Gasteiger charge is -2.22. The third-order valence-electron chi connectivity index (χ3n) is 4.06. The van der Waals surface area contributed by atoms with Crippen LogP contribution in [-0.4, -0.2) is 69.9 Å². The van der Waals surface area contributed by atoms with Crippen molar-refractivity contribution in [3.8, 4) is 11.5 Å². The molecule has 3 rings (SSSR count). The van der Waals surface area contributed by atoms with Gasteiger partial charge in [-0.2, -0.15) is 0 Å². The van der Waals surface area contributed by atoms with Crippen molar-refractivity contribution in [3.63, 3.8) is 0 Å². The van der Waals surface area contributed by atoms with Crippen LogP contribution in [0.5, 0.6) is 11.5 Å². The third-order valence-corrected chi connectivity index (χ3v) is 4.06. The molecule has 0 spiro atoms. The lowest BCUT2D eigenvalue weighted by atomic mass is 10.2. The van der Waals surface area contributed by atoms with Crippen molar-refractivity contribution in [2.45, 2.75) is 12.5 Å². The number of carbonyl (C=O) groups is 2. The number of likely N-dealkylation sites (N-methyl/N-ethyl adjacent to an activating group) is 1. The smallest absolute Gasteiger partial charge is 0.407 e. The van der Waals surface area contributed by atoms with Crippen LogP contribution in [0.3, 0.4) is 0 Å². The van der Waals surface area contributed by atoms with Crippen LogP contribution in [-0.2, 0) is 9.53 Å². The second-order valence-electron chi connectivity index (χ2n) is 6.32. The molecule has 0 saturated carbocycles. The first kappa shape index (κ1) is 17.3.